The van der Waals surface area contributed by atoms with Crippen molar-refractivity contribution in [2.75, 3.05) is 7.11 Å². The van der Waals surface area contributed by atoms with Gasteiger partial charge in [0.05, 0.1) is 29.2 Å². The number of benzene rings is 3. The number of nitro groups is 1. The van der Waals surface area contributed by atoms with Gasteiger partial charge in [-0.3, -0.25) is 14.8 Å². The molecule has 0 bridgehead atoms. The van der Waals surface area contributed by atoms with Crippen LogP contribution in [0.25, 0.3) is 11.3 Å². The van der Waals surface area contributed by atoms with Crippen LogP contribution in [0.1, 0.15) is 11.1 Å². The molecule has 0 atom stereocenters. The molecule has 174 valence electrons. The number of aromatic nitrogens is 2. The average Bonchev–Trinajstić information content (AvgIpc) is 3.26. The molecule has 0 aliphatic carbocycles. The number of nitro benzene ring substituents is 1. The highest BCUT2D eigenvalue weighted by atomic mass is 32.2. The smallest absolute Gasteiger partial charge is 0.312 e. The predicted octanol–water partition coefficient (Wildman–Crippen LogP) is 3.99. The zero-order valence-corrected chi connectivity index (χ0v) is 19.1. The van der Waals surface area contributed by atoms with Gasteiger partial charge in [0.25, 0.3) is 0 Å². The van der Waals surface area contributed by atoms with E-state index in [0.29, 0.717) is 17.8 Å². The van der Waals surface area contributed by atoms with E-state index in [1.165, 1.54) is 19.2 Å². The highest BCUT2D eigenvalue weighted by Crippen LogP contribution is 2.29. The van der Waals surface area contributed by atoms with E-state index in [1.54, 1.807) is 10.9 Å². The molecule has 1 N–H and O–H groups in total. The average molecular weight is 479 g/mol. The van der Waals surface area contributed by atoms with Gasteiger partial charge < -0.3 is 4.74 Å². The van der Waals surface area contributed by atoms with E-state index in [2.05, 4.69) is 9.82 Å². The molecule has 0 aliphatic heterocycles. The number of nitrogens with zero attached hydrogens (tertiary/aromatic N) is 3. The summed E-state index contributed by atoms with van der Waals surface area (Å²) >= 11 is 0. The van der Waals surface area contributed by atoms with Gasteiger partial charge in [-0.05, 0) is 17.7 Å². The first-order chi connectivity index (χ1) is 16.4. The molecule has 3 aromatic carbocycles. The molecular weight excluding hydrogens is 456 g/mol. The molecule has 9 nitrogen and oxygen atoms in total. The van der Waals surface area contributed by atoms with Gasteiger partial charge in [0.2, 0.25) is 10.0 Å². The second-order valence-corrected chi connectivity index (χ2v) is 9.23. The molecule has 0 saturated carbocycles. The SMILES string of the molecule is COc1ccc(S(=O)(=O)NCc2cn(Cc3ccccc3)nc2-c2ccccc2)cc1[N+](=O)[O-]. The lowest BCUT2D eigenvalue weighted by atomic mass is 10.1. The minimum Gasteiger partial charge on any atom is -0.490 e. The standard InChI is InChI=1S/C24H22N4O5S/c1-33-23-13-12-21(14-22(23)28(29)30)34(31,32)25-15-20-17-27(16-18-8-4-2-5-9-18)26-24(20)19-10-6-3-7-11-19/h2-14,17,25H,15-16H2,1H3. The summed E-state index contributed by atoms with van der Waals surface area (Å²) in [5.41, 5.74) is 2.81. The Kier molecular flexibility index (Phi) is 6.71. The van der Waals surface area contributed by atoms with Gasteiger partial charge in [-0.25, -0.2) is 13.1 Å². The van der Waals surface area contributed by atoms with Crippen LogP contribution in [0.3, 0.4) is 0 Å². The highest BCUT2D eigenvalue weighted by molar-refractivity contribution is 7.89. The van der Waals surface area contributed by atoms with Crippen molar-refractivity contribution in [1.82, 2.24) is 14.5 Å². The third-order valence-electron chi connectivity index (χ3n) is 5.18. The number of rotatable bonds is 9. The van der Waals surface area contributed by atoms with Crippen LogP contribution in [0.2, 0.25) is 0 Å². The van der Waals surface area contributed by atoms with Crippen LogP contribution in [0.15, 0.2) is 90.0 Å². The Morgan fingerprint density at radius 2 is 1.71 bits per heavy atom. The summed E-state index contributed by atoms with van der Waals surface area (Å²) in [5.74, 6) is -0.0162. The van der Waals surface area contributed by atoms with Gasteiger partial charge in [-0.2, -0.15) is 5.10 Å². The van der Waals surface area contributed by atoms with E-state index >= 15 is 0 Å². The molecule has 1 aromatic heterocycles. The molecule has 0 radical (unpaired) electrons. The molecule has 0 aliphatic rings. The fourth-order valence-corrected chi connectivity index (χ4v) is 4.54. The van der Waals surface area contributed by atoms with Crippen molar-refractivity contribution in [2.24, 2.45) is 0 Å². The molecule has 0 saturated heterocycles. The van der Waals surface area contributed by atoms with Crippen LogP contribution >= 0.6 is 0 Å². The van der Waals surface area contributed by atoms with E-state index in [1.807, 2.05) is 60.7 Å². The van der Waals surface area contributed by atoms with Crippen molar-refractivity contribution >= 4 is 15.7 Å². The van der Waals surface area contributed by atoms with Crippen LogP contribution in [-0.2, 0) is 23.1 Å². The van der Waals surface area contributed by atoms with Crippen LogP contribution in [-0.4, -0.2) is 30.2 Å². The summed E-state index contributed by atoms with van der Waals surface area (Å²) in [6.45, 7) is 0.485. The van der Waals surface area contributed by atoms with Gasteiger partial charge in [-0.15, -0.1) is 0 Å². The number of nitrogens with one attached hydrogen (secondary N) is 1. The first-order valence-corrected chi connectivity index (χ1v) is 11.8. The first kappa shape index (κ1) is 23.1. The van der Waals surface area contributed by atoms with Crippen molar-refractivity contribution in [3.63, 3.8) is 0 Å². The molecule has 1 heterocycles. The molecule has 4 rings (SSSR count). The summed E-state index contributed by atoms with van der Waals surface area (Å²) in [6.07, 6.45) is 1.80. The van der Waals surface area contributed by atoms with Crippen LogP contribution in [0.5, 0.6) is 5.75 Å². The van der Waals surface area contributed by atoms with Crippen LogP contribution in [0, 0.1) is 10.1 Å². The summed E-state index contributed by atoms with van der Waals surface area (Å²) in [6, 6.07) is 22.8. The first-order valence-electron chi connectivity index (χ1n) is 10.3. The fraction of sp³-hybridized carbons (Fsp3) is 0.125. The van der Waals surface area contributed by atoms with E-state index in [-0.39, 0.29) is 17.2 Å². The molecule has 10 heteroatoms. The van der Waals surface area contributed by atoms with Crippen molar-refractivity contribution in [3.05, 3.63) is 106 Å². The fourth-order valence-electron chi connectivity index (χ4n) is 3.52. The van der Waals surface area contributed by atoms with Crippen molar-refractivity contribution in [2.45, 2.75) is 18.0 Å². The number of hydrogen-bond acceptors (Lipinski definition) is 6. The van der Waals surface area contributed by atoms with E-state index in [4.69, 9.17) is 4.74 Å². The number of methoxy groups -OCH3 is 1. The molecule has 34 heavy (non-hydrogen) atoms. The third kappa shape index (κ3) is 5.13. The van der Waals surface area contributed by atoms with Gasteiger partial charge in [0.1, 0.15) is 0 Å². The monoisotopic (exact) mass is 478 g/mol. The van der Waals surface area contributed by atoms with Gasteiger partial charge in [0.15, 0.2) is 5.75 Å². The van der Waals surface area contributed by atoms with Crippen molar-refractivity contribution in [3.8, 4) is 17.0 Å². The van der Waals surface area contributed by atoms with E-state index in [0.717, 1.165) is 17.2 Å². The second kappa shape index (κ2) is 9.86. The minimum atomic E-state index is -4.04. The van der Waals surface area contributed by atoms with Crippen LogP contribution < -0.4 is 9.46 Å². The Morgan fingerprint density at radius 1 is 1.03 bits per heavy atom. The molecular formula is C24H22N4O5S. The van der Waals surface area contributed by atoms with Gasteiger partial charge >= 0.3 is 5.69 Å². The highest BCUT2D eigenvalue weighted by Gasteiger charge is 2.23. The quantitative estimate of drug-likeness (QED) is 0.287. The molecule has 0 amide bonds. The normalized spacial score (nSPS) is 11.3. The zero-order valence-electron chi connectivity index (χ0n) is 18.3. The number of hydrogen-bond donors (Lipinski definition) is 1. The lowest BCUT2D eigenvalue weighted by molar-refractivity contribution is -0.386. The minimum absolute atomic E-state index is 0.0162. The van der Waals surface area contributed by atoms with Crippen molar-refractivity contribution in [1.29, 1.82) is 0 Å². The topological polar surface area (TPSA) is 116 Å². The van der Waals surface area contributed by atoms with Crippen LogP contribution in [0.4, 0.5) is 5.69 Å². The summed E-state index contributed by atoms with van der Waals surface area (Å²) < 4.78 is 35.1. The van der Waals surface area contributed by atoms with E-state index in [9.17, 15) is 18.5 Å². The molecule has 0 fully saturated rings. The van der Waals surface area contributed by atoms with Gasteiger partial charge in [0, 0.05) is 29.9 Å². The van der Waals surface area contributed by atoms with Crippen molar-refractivity contribution < 1.29 is 18.1 Å². The Morgan fingerprint density at radius 3 is 2.35 bits per heavy atom. The Hall–Kier alpha value is -4.02. The third-order valence-corrected chi connectivity index (χ3v) is 6.58. The molecule has 0 spiro atoms. The Balaban J connectivity index is 1.63. The number of ether oxygens (including phenoxy) is 1. The largest absolute Gasteiger partial charge is 0.490 e. The summed E-state index contributed by atoms with van der Waals surface area (Å²) in [5, 5.41) is 16.0. The maximum absolute atomic E-state index is 12.9. The molecule has 0 unspecified atom stereocenters. The zero-order chi connectivity index (χ0) is 24.1. The summed E-state index contributed by atoms with van der Waals surface area (Å²) in [4.78, 5) is 10.4. The number of sulfonamides is 1. The lowest BCUT2D eigenvalue weighted by Crippen LogP contribution is -2.23. The van der Waals surface area contributed by atoms with E-state index < -0.39 is 20.6 Å². The predicted molar refractivity (Wildman–Crippen MR) is 127 cm³/mol. The second-order valence-electron chi connectivity index (χ2n) is 7.47. The Labute approximate surface area is 196 Å². The maximum Gasteiger partial charge on any atom is 0.312 e. The molecule has 4 aromatic rings. The summed E-state index contributed by atoms with van der Waals surface area (Å²) in [7, 11) is -2.75. The lowest BCUT2D eigenvalue weighted by Gasteiger charge is -2.08. The Bertz CT molecular complexity index is 1400. The maximum atomic E-state index is 12.9. The van der Waals surface area contributed by atoms with Gasteiger partial charge in [-0.1, -0.05) is 60.7 Å².